The number of rotatable bonds is 6. The molecule has 7 nitrogen and oxygen atoms in total. The lowest BCUT2D eigenvalue weighted by Crippen LogP contribution is -2.25. The molecule has 0 aliphatic carbocycles. The highest BCUT2D eigenvalue weighted by molar-refractivity contribution is 5.94. The summed E-state index contributed by atoms with van der Waals surface area (Å²) in [6, 6.07) is 3.26. The van der Waals surface area contributed by atoms with Crippen LogP contribution in [0.3, 0.4) is 0 Å². The van der Waals surface area contributed by atoms with Gasteiger partial charge in [-0.05, 0) is 37.5 Å². The van der Waals surface area contributed by atoms with E-state index in [1.54, 1.807) is 18.3 Å². The molecule has 2 aromatic heterocycles. The molecule has 0 saturated carbocycles. The predicted molar refractivity (Wildman–Crippen MR) is 76.0 cm³/mol. The number of carbonyl (C=O) groups is 1. The number of hydrogen-bond donors (Lipinski definition) is 4. The van der Waals surface area contributed by atoms with Gasteiger partial charge in [0.2, 0.25) is 0 Å². The zero-order valence-electron chi connectivity index (χ0n) is 11.3. The van der Waals surface area contributed by atoms with E-state index < -0.39 is 0 Å². The van der Waals surface area contributed by atoms with Crippen LogP contribution in [0, 0.1) is 6.92 Å². The number of aromatic amines is 1. The van der Waals surface area contributed by atoms with Crippen molar-refractivity contribution in [2.45, 2.75) is 19.8 Å². The SMILES string of the molecule is Cc1[nH]ncc1CCCNC(=O)c1ccnc(NN)c1. The Kier molecular flexibility index (Phi) is 4.67. The van der Waals surface area contributed by atoms with Crippen molar-refractivity contribution in [2.24, 2.45) is 5.84 Å². The maximum absolute atomic E-state index is 11.9. The van der Waals surface area contributed by atoms with Gasteiger partial charge >= 0.3 is 0 Å². The quantitative estimate of drug-likeness (QED) is 0.353. The average Bonchev–Trinajstić information content (AvgIpc) is 2.89. The molecule has 2 aromatic rings. The van der Waals surface area contributed by atoms with Gasteiger partial charge in [-0.25, -0.2) is 10.8 Å². The van der Waals surface area contributed by atoms with Crippen LogP contribution in [-0.4, -0.2) is 27.6 Å². The molecule has 0 unspecified atom stereocenters. The van der Waals surface area contributed by atoms with Gasteiger partial charge in [0, 0.05) is 24.0 Å². The summed E-state index contributed by atoms with van der Waals surface area (Å²) < 4.78 is 0. The third-order valence-corrected chi connectivity index (χ3v) is 3.01. The molecule has 0 fully saturated rings. The van der Waals surface area contributed by atoms with E-state index in [1.165, 1.54) is 5.56 Å². The number of nitrogens with two attached hydrogens (primary N) is 1. The number of hydrazine groups is 1. The number of H-pyrrole nitrogens is 1. The molecule has 0 aliphatic rings. The Bertz CT molecular complexity index is 580. The zero-order valence-corrected chi connectivity index (χ0v) is 11.3. The van der Waals surface area contributed by atoms with E-state index in [2.05, 4.69) is 25.9 Å². The smallest absolute Gasteiger partial charge is 0.251 e. The van der Waals surface area contributed by atoms with Crippen LogP contribution in [0.1, 0.15) is 28.0 Å². The monoisotopic (exact) mass is 274 g/mol. The van der Waals surface area contributed by atoms with E-state index in [4.69, 9.17) is 5.84 Å². The molecule has 7 heteroatoms. The van der Waals surface area contributed by atoms with E-state index in [1.807, 2.05) is 13.1 Å². The van der Waals surface area contributed by atoms with Gasteiger partial charge in [0.05, 0.1) is 6.20 Å². The molecule has 0 aliphatic heterocycles. The van der Waals surface area contributed by atoms with Crippen molar-refractivity contribution in [2.75, 3.05) is 12.0 Å². The summed E-state index contributed by atoms with van der Waals surface area (Å²) in [5.74, 6) is 5.59. The fourth-order valence-corrected chi connectivity index (χ4v) is 1.86. The van der Waals surface area contributed by atoms with Gasteiger partial charge in [-0.15, -0.1) is 0 Å². The van der Waals surface area contributed by atoms with Crippen molar-refractivity contribution in [1.29, 1.82) is 0 Å². The largest absolute Gasteiger partial charge is 0.352 e. The maximum Gasteiger partial charge on any atom is 0.251 e. The van der Waals surface area contributed by atoms with E-state index in [0.717, 1.165) is 18.5 Å². The highest BCUT2D eigenvalue weighted by Crippen LogP contribution is 2.07. The molecule has 0 bridgehead atoms. The number of nitrogens with zero attached hydrogens (tertiary/aromatic N) is 2. The molecule has 2 heterocycles. The van der Waals surface area contributed by atoms with Crippen LogP contribution in [0.5, 0.6) is 0 Å². The van der Waals surface area contributed by atoms with Crippen LogP contribution in [0.15, 0.2) is 24.5 Å². The van der Waals surface area contributed by atoms with Crippen LogP contribution >= 0.6 is 0 Å². The Balaban J connectivity index is 1.79. The fourth-order valence-electron chi connectivity index (χ4n) is 1.86. The Labute approximate surface area is 117 Å². The van der Waals surface area contributed by atoms with Crippen molar-refractivity contribution in [1.82, 2.24) is 20.5 Å². The number of aromatic nitrogens is 3. The van der Waals surface area contributed by atoms with Gasteiger partial charge in [-0.3, -0.25) is 9.89 Å². The number of anilines is 1. The molecular formula is C13H18N6O. The van der Waals surface area contributed by atoms with Gasteiger partial charge in [-0.2, -0.15) is 5.10 Å². The molecule has 20 heavy (non-hydrogen) atoms. The first-order valence-electron chi connectivity index (χ1n) is 6.40. The number of aryl methyl sites for hydroxylation is 2. The minimum Gasteiger partial charge on any atom is -0.352 e. The van der Waals surface area contributed by atoms with Crippen molar-refractivity contribution in [3.63, 3.8) is 0 Å². The van der Waals surface area contributed by atoms with Gasteiger partial charge < -0.3 is 10.7 Å². The van der Waals surface area contributed by atoms with E-state index in [-0.39, 0.29) is 5.91 Å². The fraction of sp³-hybridized carbons (Fsp3) is 0.308. The molecule has 0 aromatic carbocycles. The minimum atomic E-state index is -0.132. The summed E-state index contributed by atoms with van der Waals surface area (Å²) in [5, 5.41) is 9.72. The van der Waals surface area contributed by atoms with E-state index in [0.29, 0.717) is 17.9 Å². The van der Waals surface area contributed by atoms with Gasteiger partial charge in [0.15, 0.2) is 0 Å². The Morgan fingerprint density at radius 3 is 3.05 bits per heavy atom. The summed E-state index contributed by atoms with van der Waals surface area (Å²) in [6.45, 7) is 2.59. The van der Waals surface area contributed by atoms with Crippen LogP contribution in [0.2, 0.25) is 0 Å². The number of pyridine rings is 1. The van der Waals surface area contributed by atoms with Crippen molar-refractivity contribution in [3.8, 4) is 0 Å². The molecule has 0 spiro atoms. The predicted octanol–water partition coefficient (Wildman–Crippen LogP) is 0.761. The van der Waals surface area contributed by atoms with Crippen LogP contribution in [0.25, 0.3) is 0 Å². The standard InChI is InChI=1S/C13H18N6O/c1-9-11(8-17-19-9)3-2-5-16-13(20)10-4-6-15-12(7-10)18-14/h4,6-8H,2-3,5,14H2,1H3,(H,15,18)(H,16,20)(H,17,19). The number of carbonyl (C=O) groups excluding carboxylic acids is 1. The lowest BCUT2D eigenvalue weighted by atomic mass is 10.1. The summed E-state index contributed by atoms with van der Waals surface area (Å²) in [4.78, 5) is 15.9. The molecule has 1 amide bonds. The highest BCUT2D eigenvalue weighted by Gasteiger charge is 2.06. The molecule has 5 N–H and O–H groups in total. The number of amides is 1. The zero-order chi connectivity index (χ0) is 14.4. The summed E-state index contributed by atoms with van der Waals surface area (Å²) in [5.41, 5.74) is 5.20. The van der Waals surface area contributed by atoms with Gasteiger partial charge in [-0.1, -0.05) is 0 Å². The molecule has 0 atom stereocenters. The van der Waals surface area contributed by atoms with Crippen molar-refractivity contribution < 1.29 is 4.79 Å². The van der Waals surface area contributed by atoms with E-state index in [9.17, 15) is 4.79 Å². The second-order valence-corrected chi connectivity index (χ2v) is 4.45. The van der Waals surface area contributed by atoms with Crippen LogP contribution in [0.4, 0.5) is 5.82 Å². The number of hydrogen-bond acceptors (Lipinski definition) is 5. The summed E-state index contributed by atoms with van der Waals surface area (Å²) >= 11 is 0. The van der Waals surface area contributed by atoms with Gasteiger partial charge in [0.25, 0.3) is 5.91 Å². The van der Waals surface area contributed by atoms with Crippen molar-refractivity contribution in [3.05, 3.63) is 41.3 Å². The summed E-state index contributed by atoms with van der Waals surface area (Å²) in [7, 11) is 0. The second kappa shape index (κ2) is 6.67. The topological polar surface area (TPSA) is 109 Å². The van der Waals surface area contributed by atoms with Gasteiger partial charge in [0.1, 0.15) is 5.82 Å². The third-order valence-electron chi connectivity index (χ3n) is 3.01. The lowest BCUT2D eigenvalue weighted by molar-refractivity contribution is 0.0953. The highest BCUT2D eigenvalue weighted by atomic mass is 16.1. The Morgan fingerprint density at radius 1 is 1.50 bits per heavy atom. The molecule has 106 valence electrons. The minimum absolute atomic E-state index is 0.132. The lowest BCUT2D eigenvalue weighted by Gasteiger charge is -2.06. The average molecular weight is 274 g/mol. The molecule has 2 rings (SSSR count). The maximum atomic E-state index is 11.9. The first-order chi connectivity index (χ1) is 9.70. The second-order valence-electron chi connectivity index (χ2n) is 4.45. The number of nitrogens with one attached hydrogen (secondary N) is 3. The molecule has 0 saturated heterocycles. The first-order valence-corrected chi connectivity index (χ1v) is 6.40. The van der Waals surface area contributed by atoms with Crippen LogP contribution in [-0.2, 0) is 6.42 Å². The first kappa shape index (κ1) is 14.0. The van der Waals surface area contributed by atoms with Crippen LogP contribution < -0.4 is 16.6 Å². The molecule has 0 radical (unpaired) electrons. The van der Waals surface area contributed by atoms with E-state index >= 15 is 0 Å². The third kappa shape index (κ3) is 3.55. The molecular weight excluding hydrogens is 256 g/mol. The number of nitrogen functional groups attached to an aromatic ring is 1. The summed E-state index contributed by atoms with van der Waals surface area (Å²) in [6.07, 6.45) is 5.10. The normalized spacial score (nSPS) is 10.3. The Hall–Kier alpha value is -2.41. The Morgan fingerprint density at radius 2 is 2.35 bits per heavy atom. The van der Waals surface area contributed by atoms with Crippen molar-refractivity contribution >= 4 is 11.7 Å².